The number of nitrogens with two attached hydrogens (primary N) is 1. The van der Waals surface area contributed by atoms with Crippen LogP contribution in [-0.2, 0) is 13.1 Å². The van der Waals surface area contributed by atoms with Crippen LogP contribution >= 0.6 is 0 Å². The van der Waals surface area contributed by atoms with Crippen LogP contribution in [0, 0.1) is 18.8 Å². The minimum atomic E-state index is -0.189. The van der Waals surface area contributed by atoms with Crippen LogP contribution in [0.2, 0.25) is 0 Å². The van der Waals surface area contributed by atoms with Gasteiger partial charge in [-0.1, -0.05) is 30.2 Å². The van der Waals surface area contributed by atoms with E-state index in [1.54, 1.807) is 13.1 Å². The number of amides is 1. The highest BCUT2D eigenvalue weighted by Gasteiger charge is 2.24. The van der Waals surface area contributed by atoms with Gasteiger partial charge in [-0.3, -0.25) is 14.3 Å². The number of aryl methyl sites for hydroxylation is 1. The first kappa shape index (κ1) is 20.9. The molecule has 0 spiro atoms. The minimum Gasteiger partial charge on any atom is -0.345 e. The lowest BCUT2D eigenvalue weighted by atomic mass is 10.1. The van der Waals surface area contributed by atoms with E-state index in [4.69, 9.17) is 5.73 Å². The number of carbonyl (C=O) groups excluding carboxylic acids is 1. The summed E-state index contributed by atoms with van der Waals surface area (Å²) in [5.74, 6) is 6.54. The number of rotatable bonds is 5. The van der Waals surface area contributed by atoms with Crippen molar-refractivity contribution in [2.24, 2.45) is 5.73 Å². The van der Waals surface area contributed by atoms with E-state index in [-0.39, 0.29) is 11.9 Å². The van der Waals surface area contributed by atoms with E-state index >= 15 is 0 Å². The second-order valence-electron chi connectivity index (χ2n) is 7.92. The molecule has 160 valence electrons. The molecule has 1 amide bonds. The van der Waals surface area contributed by atoms with Crippen LogP contribution in [0.25, 0.3) is 10.8 Å². The molecule has 1 fully saturated rings. The summed E-state index contributed by atoms with van der Waals surface area (Å²) in [5, 5.41) is 5.18. The zero-order chi connectivity index (χ0) is 21.8. The molecule has 7 heteroatoms. The van der Waals surface area contributed by atoms with E-state index in [0.29, 0.717) is 18.8 Å². The molecule has 1 atom stereocenters. The maximum Gasteiger partial charge on any atom is 0.269 e. The van der Waals surface area contributed by atoms with E-state index in [2.05, 4.69) is 44.2 Å². The third-order valence-corrected chi connectivity index (χ3v) is 5.59. The Morgan fingerprint density at radius 2 is 2.19 bits per heavy atom. The van der Waals surface area contributed by atoms with Crippen LogP contribution in [0.5, 0.6) is 0 Å². The summed E-state index contributed by atoms with van der Waals surface area (Å²) in [7, 11) is 0. The fourth-order valence-electron chi connectivity index (χ4n) is 4.11. The Labute approximate surface area is 182 Å². The quantitative estimate of drug-likeness (QED) is 0.624. The van der Waals surface area contributed by atoms with Crippen molar-refractivity contribution >= 4 is 22.6 Å². The van der Waals surface area contributed by atoms with Crippen molar-refractivity contribution in [3.8, 4) is 11.8 Å². The lowest BCUT2D eigenvalue weighted by molar-refractivity contribution is 0.0942. The van der Waals surface area contributed by atoms with E-state index in [1.807, 2.05) is 29.7 Å². The summed E-state index contributed by atoms with van der Waals surface area (Å²) in [5.41, 5.74) is 8.43. The topological polar surface area (TPSA) is 89.1 Å². The van der Waals surface area contributed by atoms with E-state index in [9.17, 15) is 4.79 Å². The number of hydrogen-bond donors (Lipinski definition) is 2. The Bertz CT molecular complexity index is 1160. The Balaban J connectivity index is 1.58. The molecule has 1 saturated heterocycles. The first-order valence-electron chi connectivity index (χ1n) is 10.7. The van der Waals surface area contributed by atoms with Crippen molar-refractivity contribution < 1.29 is 4.79 Å². The Morgan fingerprint density at radius 1 is 1.35 bits per heavy atom. The largest absolute Gasteiger partial charge is 0.345 e. The number of piperidine rings is 1. The summed E-state index contributed by atoms with van der Waals surface area (Å²) in [6, 6.07) is 10.2. The summed E-state index contributed by atoms with van der Waals surface area (Å²) >= 11 is 0. The first-order chi connectivity index (χ1) is 15.1. The first-order valence-corrected chi connectivity index (χ1v) is 10.7. The predicted molar refractivity (Wildman–Crippen MR) is 123 cm³/mol. The number of aromatic nitrogens is 3. The van der Waals surface area contributed by atoms with E-state index < -0.39 is 0 Å². The standard InChI is InChI=1S/C24H28N6O/c1-3-4-12-30-22(15-27-24(30)29-11-7-9-19(25)16-29)23(31)26-14-21-20-10-6-5-8-18(20)13-17(2)28-21/h5-6,8,10,13,15,19H,7,9,11-12,14,16,25H2,1-2H3,(H,26,31). The van der Waals surface area contributed by atoms with Gasteiger partial charge in [0.25, 0.3) is 5.91 Å². The molecule has 0 aliphatic carbocycles. The average Bonchev–Trinajstić information content (AvgIpc) is 3.19. The second kappa shape index (κ2) is 9.19. The molecular formula is C24H28N6O. The van der Waals surface area contributed by atoms with Gasteiger partial charge in [0, 0.05) is 30.2 Å². The van der Waals surface area contributed by atoms with Gasteiger partial charge in [0.1, 0.15) is 5.69 Å². The highest BCUT2D eigenvalue weighted by atomic mass is 16.2. The summed E-state index contributed by atoms with van der Waals surface area (Å²) in [6.45, 7) is 6.12. The number of pyridine rings is 1. The fraction of sp³-hybridized carbons (Fsp3) is 0.375. The van der Waals surface area contributed by atoms with Crippen LogP contribution in [0.15, 0.2) is 36.5 Å². The van der Waals surface area contributed by atoms with Gasteiger partial charge < -0.3 is 16.0 Å². The molecule has 7 nitrogen and oxygen atoms in total. The molecule has 4 rings (SSSR count). The highest BCUT2D eigenvalue weighted by Crippen LogP contribution is 2.21. The maximum atomic E-state index is 13.1. The van der Waals surface area contributed by atoms with Gasteiger partial charge in [-0.2, -0.15) is 0 Å². The summed E-state index contributed by atoms with van der Waals surface area (Å²) < 4.78 is 1.88. The molecule has 31 heavy (non-hydrogen) atoms. The Kier molecular flexibility index (Phi) is 6.19. The molecule has 1 unspecified atom stereocenters. The molecule has 0 saturated carbocycles. The zero-order valence-electron chi connectivity index (χ0n) is 18.1. The predicted octanol–water partition coefficient (Wildman–Crippen LogP) is 2.62. The Morgan fingerprint density at radius 3 is 3.00 bits per heavy atom. The number of fused-ring (bicyclic) bond motifs is 1. The van der Waals surface area contributed by atoms with Gasteiger partial charge >= 0.3 is 0 Å². The number of anilines is 1. The monoisotopic (exact) mass is 416 g/mol. The number of benzene rings is 1. The van der Waals surface area contributed by atoms with Crippen molar-refractivity contribution in [1.29, 1.82) is 0 Å². The van der Waals surface area contributed by atoms with E-state index in [1.165, 1.54) is 0 Å². The van der Waals surface area contributed by atoms with Crippen LogP contribution < -0.4 is 16.0 Å². The fourth-order valence-corrected chi connectivity index (χ4v) is 4.11. The van der Waals surface area contributed by atoms with E-state index in [0.717, 1.165) is 54.0 Å². The van der Waals surface area contributed by atoms with Gasteiger partial charge in [-0.25, -0.2) is 4.98 Å². The molecular weight excluding hydrogens is 388 g/mol. The van der Waals surface area contributed by atoms with Crippen LogP contribution in [0.4, 0.5) is 5.95 Å². The van der Waals surface area contributed by atoms with Crippen LogP contribution in [-0.4, -0.2) is 39.6 Å². The van der Waals surface area contributed by atoms with Crippen LogP contribution in [0.3, 0.4) is 0 Å². The molecule has 3 N–H and O–H groups in total. The summed E-state index contributed by atoms with van der Waals surface area (Å²) in [4.78, 5) is 24.4. The SMILES string of the molecule is CC#CCn1c(C(=O)NCc2nc(C)cc3ccccc23)cnc1N1CCCC(N)C1. The van der Waals surface area contributed by atoms with Gasteiger partial charge in [0.15, 0.2) is 0 Å². The molecule has 0 bridgehead atoms. The second-order valence-corrected chi connectivity index (χ2v) is 7.92. The smallest absolute Gasteiger partial charge is 0.269 e. The van der Waals surface area contributed by atoms with Crippen LogP contribution in [0.1, 0.15) is 41.6 Å². The van der Waals surface area contributed by atoms with Gasteiger partial charge in [-0.15, -0.1) is 5.92 Å². The number of hydrogen-bond acceptors (Lipinski definition) is 5. The maximum absolute atomic E-state index is 13.1. The molecule has 3 aromatic rings. The van der Waals surface area contributed by atoms with Crippen molar-refractivity contribution in [3.63, 3.8) is 0 Å². The molecule has 1 aliphatic heterocycles. The normalized spacial score (nSPS) is 16.1. The van der Waals surface area contributed by atoms with Gasteiger partial charge in [-0.05, 0) is 38.1 Å². The van der Waals surface area contributed by atoms with Crippen molar-refractivity contribution in [3.05, 3.63) is 53.6 Å². The molecule has 1 aromatic carbocycles. The van der Waals surface area contributed by atoms with Crippen molar-refractivity contribution in [2.75, 3.05) is 18.0 Å². The highest BCUT2D eigenvalue weighted by molar-refractivity contribution is 5.93. The minimum absolute atomic E-state index is 0.120. The van der Waals surface area contributed by atoms with Gasteiger partial charge in [0.05, 0.1) is 25.0 Å². The number of nitrogens with one attached hydrogen (secondary N) is 1. The van der Waals surface area contributed by atoms with Gasteiger partial charge in [0.2, 0.25) is 5.95 Å². The Hall–Kier alpha value is -3.37. The number of carbonyl (C=O) groups is 1. The molecule has 3 heterocycles. The zero-order valence-corrected chi connectivity index (χ0v) is 18.1. The molecule has 2 aromatic heterocycles. The van der Waals surface area contributed by atoms with Crippen molar-refractivity contribution in [1.82, 2.24) is 19.9 Å². The third-order valence-electron chi connectivity index (χ3n) is 5.59. The third kappa shape index (κ3) is 4.54. The molecule has 0 radical (unpaired) electrons. The number of nitrogens with zero attached hydrogens (tertiary/aromatic N) is 4. The van der Waals surface area contributed by atoms with Crippen molar-refractivity contribution in [2.45, 2.75) is 45.8 Å². The average molecular weight is 417 g/mol. The lowest BCUT2D eigenvalue weighted by Crippen LogP contribution is -2.44. The summed E-state index contributed by atoms with van der Waals surface area (Å²) in [6.07, 6.45) is 3.65. The lowest BCUT2D eigenvalue weighted by Gasteiger charge is -2.31. The molecule has 1 aliphatic rings. The number of imidazole rings is 1.